The van der Waals surface area contributed by atoms with E-state index in [0.29, 0.717) is 19.3 Å². The monoisotopic (exact) mass is 276 g/mol. The van der Waals surface area contributed by atoms with Gasteiger partial charge < -0.3 is 9.84 Å². The van der Waals surface area contributed by atoms with Crippen LogP contribution in [0.5, 0.6) is 5.75 Å². The molecule has 0 atom stereocenters. The summed E-state index contributed by atoms with van der Waals surface area (Å²) in [6.07, 6.45) is -2.44. The molecule has 1 aromatic carbocycles. The van der Waals surface area contributed by atoms with Crippen molar-refractivity contribution in [3.8, 4) is 5.75 Å². The van der Waals surface area contributed by atoms with E-state index in [9.17, 15) is 18.0 Å². The summed E-state index contributed by atoms with van der Waals surface area (Å²) < 4.78 is 42.5. The third-order valence-corrected chi connectivity index (χ3v) is 2.47. The molecule has 0 spiro atoms. The summed E-state index contributed by atoms with van der Waals surface area (Å²) in [6.45, 7) is 0.279. The topological polar surface area (TPSA) is 46.5 Å². The predicted octanol–water partition coefficient (Wildman–Crippen LogP) is 3.73. The van der Waals surface area contributed by atoms with Gasteiger partial charge >= 0.3 is 12.1 Å². The Morgan fingerprint density at radius 1 is 1.21 bits per heavy atom. The molecule has 0 aromatic heterocycles. The second-order valence-electron chi connectivity index (χ2n) is 4.08. The summed E-state index contributed by atoms with van der Waals surface area (Å²) in [6, 6.07) is 4.70. The lowest BCUT2D eigenvalue weighted by Gasteiger charge is -2.10. The Labute approximate surface area is 109 Å². The Hall–Kier alpha value is -1.72. The van der Waals surface area contributed by atoms with Gasteiger partial charge in [0.25, 0.3) is 0 Å². The minimum Gasteiger partial charge on any atom is -0.494 e. The van der Waals surface area contributed by atoms with Gasteiger partial charge in [0.05, 0.1) is 12.2 Å². The highest BCUT2D eigenvalue weighted by molar-refractivity contribution is 5.66. The molecule has 0 fully saturated rings. The van der Waals surface area contributed by atoms with Gasteiger partial charge in [-0.15, -0.1) is 0 Å². The van der Waals surface area contributed by atoms with Gasteiger partial charge in [-0.25, -0.2) is 0 Å². The average molecular weight is 276 g/mol. The fourth-order valence-electron chi connectivity index (χ4n) is 1.51. The molecular weight excluding hydrogens is 261 g/mol. The smallest absolute Gasteiger partial charge is 0.416 e. The first-order valence-electron chi connectivity index (χ1n) is 5.91. The van der Waals surface area contributed by atoms with Gasteiger partial charge in [-0.3, -0.25) is 4.79 Å². The van der Waals surface area contributed by atoms with Crippen LogP contribution < -0.4 is 4.74 Å². The Morgan fingerprint density at radius 3 is 2.58 bits per heavy atom. The minimum atomic E-state index is -4.37. The zero-order valence-electron chi connectivity index (χ0n) is 10.2. The number of benzene rings is 1. The number of hydrogen-bond acceptors (Lipinski definition) is 2. The molecule has 1 aromatic rings. The first-order valence-corrected chi connectivity index (χ1v) is 5.91. The maximum Gasteiger partial charge on any atom is 0.416 e. The molecule has 1 rings (SSSR count). The van der Waals surface area contributed by atoms with Crippen molar-refractivity contribution >= 4 is 5.97 Å². The Kier molecular flexibility index (Phi) is 5.66. The summed E-state index contributed by atoms with van der Waals surface area (Å²) in [7, 11) is 0. The summed E-state index contributed by atoms with van der Waals surface area (Å²) in [5.41, 5.74) is -0.740. The Morgan fingerprint density at radius 2 is 1.95 bits per heavy atom. The molecule has 0 radical (unpaired) electrons. The van der Waals surface area contributed by atoms with Crippen LogP contribution in [-0.2, 0) is 11.0 Å². The van der Waals surface area contributed by atoms with Crippen LogP contribution in [0.4, 0.5) is 13.2 Å². The van der Waals surface area contributed by atoms with Crippen LogP contribution >= 0.6 is 0 Å². The van der Waals surface area contributed by atoms with Crippen LogP contribution in [0.3, 0.4) is 0 Å². The van der Waals surface area contributed by atoms with Crippen LogP contribution in [0.25, 0.3) is 0 Å². The molecule has 0 saturated heterocycles. The molecule has 0 aliphatic heterocycles. The van der Waals surface area contributed by atoms with Gasteiger partial charge in [0.15, 0.2) is 0 Å². The number of carbonyl (C=O) groups is 1. The Balaban J connectivity index is 2.32. The van der Waals surface area contributed by atoms with Gasteiger partial charge in [-0.05, 0) is 37.5 Å². The normalized spacial score (nSPS) is 11.3. The maximum atomic E-state index is 12.4. The number of aliphatic carboxylic acids is 1. The van der Waals surface area contributed by atoms with Crippen molar-refractivity contribution in [1.29, 1.82) is 0 Å². The van der Waals surface area contributed by atoms with E-state index in [1.54, 1.807) is 0 Å². The van der Waals surface area contributed by atoms with E-state index >= 15 is 0 Å². The van der Waals surface area contributed by atoms with Crippen molar-refractivity contribution in [2.24, 2.45) is 0 Å². The number of carboxylic acid groups (broad SMARTS) is 1. The molecule has 1 N–H and O–H groups in total. The van der Waals surface area contributed by atoms with E-state index in [4.69, 9.17) is 9.84 Å². The molecule has 19 heavy (non-hydrogen) atoms. The fourth-order valence-corrected chi connectivity index (χ4v) is 1.51. The van der Waals surface area contributed by atoms with Crippen LogP contribution in [0.1, 0.15) is 31.2 Å². The van der Waals surface area contributed by atoms with Crippen molar-refractivity contribution in [2.75, 3.05) is 6.61 Å². The quantitative estimate of drug-likeness (QED) is 0.772. The second kappa shape index (κ2) is 7.01. The molecule has 6 heteroatoms. The highest BCUT2D eigenvalue weighted by atomic mass is 19.4. The van der Waals surface area contributed by atoms with Gasteiger partial charge in [0.2, 0.25) is 0 Å². The standard InChI is InChI=1S/C13H15F3O3/c14-13(15,16)10-5-4-6-11(9-10)19-8-3-1-2-7-12(17)18/h4-6,9H,1-3,7-8H2,(H,17,18). The zero-order valence-corrected chi connectivity index (χ0v) is 10.2. The number of halogens is 3. The van der Waals surface area contributed by atoms with Crippen LogP contribution in [0, 0.1) is 0 Å². The number of alkyl halides is 3. The summed E-state index contributed by atoms with van der Waals surface area (Å²) in [5.74, 6) is -0.674. The Bertz CT molecular complexity index is 416. The highest BCUT2D eigenvalue weighted by Crippen LogP contribution is 2.31. The van der Waals surface area contributed by atoms with Gasteiger partial charge in [-0.2, -0.15) is 13.2 Å². The molecule has 0 heterocycles. The number of unbranched alkanes of at least 4 members (excludes halogenated alkanes) is 2. The lowest BCUT2D eigenvalue weighted by atomic mass is 10.2. The van der Waals surface area contributed by atoms with Gasteiger partial charge in [0.1, 0.15) is 5.75 Å². The fraction of sp³-hybridized carbons (Fsp3) is 0.462. The first-order chi connectivity index (χ1) is 8.89. The largest absolute Gasteiger partial charge is 0.494 e. The number of hydrogen-bond donors (Lipinski definition) is 1. The van der Waals surface area contributed by atoms with E-state index in [1.165, 1.54) is 12.1 Å². The summed E-state index contributed by atoms with van der Waals surface area (Å²) in [5, 5.41) is 8.42. The molecule has 0 aliphatic rings. The minimum absolute atomic E-state index is 0.101. The zero-order chi connectivity index (χ0) is 14.3. The SMILES string of the molecule is O=C(O)CCCCCOc1cccc(C(F)(F)F)c1. The van der Waals surface area contributed by atoms with Crippen molar-refractivity contribution in [2.45, 2.75) is 31.9 Å². The number of rotatable bonds is 7. The van der Waals surface area contributed by atoms with E-state index in [2.05, 4.69) is 0 Å². The molecule has 0 unspecified atom stereocenters. The lowest BCUT2D eigenvalue weighted by molar-refractivity contribution is -0.138. The average Bonchev–Trinajstić information content (AvgIpc) is 2.32. The summed E-state index contributed by atoms with van der Waals surface area (Å²) in [4.78, 5) is 10.2. The molecule has 0 saturated carbocycles. The van der Waals surface area contributed by atoms with Crippen molar-refractivity contribution in [3.63, 3.8) is 0 Å². The van der Waals surface area contributed by atoms with Crippen LogP contribution in [0.15, 0.2) is 24.3 Å². The molecule has 0 bridgehead atoms. The first kappa shape index (κ1) is 15.3. The van der Waals surface area contributed by atoms with Gasteiger partial charge in [0, 0.05) is 6.42 Å². The van der Waals surface area contributed by atoms with Crippen molar-refractivity contribution in [1.82, 2.24) is 0 Å². The molecule has 0 amide bonds. The van der Waals surface area contributed by atoms with Crippen LogP contribution in [0.2, 0.25) is 0 Å². The number of ether oxygens (including phenoxy) is 1. The molecule has 0 aliphatic carbocycles. The maximum absolute atomic E-state index is 12.4. The third-order valence-electron chi connectivity index (χ3n) is 2.47. The van der Waals surface area contributed by atoms with Crippen LogP contribution in [-0.4, -0.2) is 17.7 Å². The molecule has 106 valence electrons. The molecule has 3 nitrogen and oxygen atoms in total. The third kappa shape index (κ3) is 6.13. The van der Waals surface area contributed by atoms with E-state index in [1.807, 2.05) is 0 Å². The molecular formula is C13H15F3O3. The predicted molar refractivity (Wildman–Crippen MR) is 63.0 cm³/mol. The highest BCUT2D eigenvalue weighted by Gasteiger charge is 2.30. The van der Waals surface area contributed by atoms with E-state index in [0.717, 1.165) is 12.1 Å². The van der Waals surface area contributed by atoms with Gasteiger partial charge in [-0.1, -0.05) is 6.07 Å². The van der Waals surface area contributed by atoms with E-state index in [-0.39, 0.29) is 18.8 Å². The lowest BCUT2D eigenvalue weighted by Crippen LogP contribution is -2.05. The van der Waals surface area contributed by atoms with Crippen molar-refractivity contribution < 1.29 is 27.8 Å². The summed E-state index contributed by atoms with van der Waals surface area (Å²) >= 11 is 0. The second-order valence-corrected chi connectivity index (χ2v) is 4.08. The van der Waals surface area contributed by atoms with Crippen molar-refractivity contribution in [3.05, 3.63) is 29.8 Å². The number of carboxylic acids is 1. The van der Waals surface area contributed by atoms with E-state index < -0.39 is 17.7 Å².